The number of benzene rings is 1. The minimum atomic E-state index is -1.21. The largest absolute Gasteiger partial charge is 0.468 e. The van der Waals surface area contributed by atoms with Crippen LogP contribution < -0.4 is 0 Å². The number of likely N-dealkylation sites (N-methyl/N-ethyl adjacent to an activating group) is 1. The third-order valence-electron chi connectivity index (χ3n) is 3.87. The maximum Gasteiger partial charge on any atom is 0.327 e. The summed E-state index contributed by atoms with van der Waals surface area (Å²) in [5.74, 6) is -2.39. The van der Waals surface area contributed by atoms with Crippen molar-refractivity contribution in [3.8, 4) is 0 Å². The van der Waals surface area contributed by atoms with Gasteiger partial charge in [0.2, 0.25) is 5.91 Å². The molecule has 1 heterocycles. The van der Waals surface area contributed by atoms with Gasteiger partial charge in [0, 0.05) is 18.7 Å². The van der Waals surface area contributed by atoms with Gasteiger partial charge in [0.15, 0.2) is 0 Å². The molecule has 1 aromatic rings. The van der Waals surface area contributed by atoms with Crippen molar-refractivity contribution >= 4 is 11.9 Å². The maximum absolute atomic E-state index is 14.1. The van der Waals surface area contributed by atoms with E-state index in [9.17, 15) is 18.4 Å². The van der Waals surface area contributed by atoms with Gasteiger partial charge in [-0.2, -0.15) is 0 Å². The van der Waals surface area contributed by atoms with Crippen LogP contribution in [0.3, 0.4) is 0 Å². The fourth-order valence-electron chi connectivity index (χ4n) is 2.60. The zero-order chi connectivity index (χ0) is 17.7. The van der Waals surface area contributed by atoms with Crippen molar-refractivity contribution in [3.63, 3.8) is 0 Å². The molecular weight excluding hydrogens is 322 g/mol. The SMILES string of the molecule is COC(=O)[C@H](c1cc(F)ccc1F)N(C)CC(=O)N1CCOCC1. The zero-order valence-corrected chi connectivity index (χ0v) is 13.6. The highest BCUT2D eigenvalue weighted by Gasteiger charge is 2.31. The van der Waals surface area contributed by atoms with Crippen LogP contribution in [0.4, 0.5) is 8.78 Å². The highest BCUT2D eigenvalue weighted by atomic mass is 19.1. The third-order valence-corrected chi connectivity index (χ3v) is 3.87. The Morgan fingerprint density at radius 2 is 2.00 bits per heavy atom. The van der Waals surface area contributed by atoms with Crippen molar-refractivity contribution in [2.24, 2.45) is 0 Å². The van der Waals surface area contributed by atoms with Crippen molar-refractivity contribution in [1.82, 2.24) is 9.80 Å². The fourth-order valence-corrected chi connectivity index (χ4v) is 2.60. The third kappa shape index (κ3) is 4.27. The first-order valence-electron chi connectivity index (χ1n) is 7.52. The molecule has 0 saturated carbocycles. The molecule has 0 aromatic heterocycles. The molecule has 0 bridgehead atoms. The average molecular weight is 342 g/mol. The van der Waals surface area contributed by atoms with Crippen molar-refractivity contribution in [2.45, 2.75) is 6.04 Å². The second-order valence-electron chi connectivity index (χ2n) is 5.50. The van der Waals surface area contributed by atoms with Gasteiger partial charge >= 0.3 is 5.97 Å². The lowest BCUT2D eigenvalue weighted by molar-refractivity contribution is -0.148. The Morgan fingerprint density at radius 3 is 2.62 bits per heavy atom. The summed E-state index contributed by atoms with van der Waals surface area (Å²) in [6.07, 6.45) is 0. The average Bonchev–Trinajstić information content (AvgIpc) is 2.58. The van der Waals surface area contributed by atoms with Gasteiger partial charge < -0.3 is 14.4 Å². The molecule has 1 aliphatic rings. The number of esters is 1. The number of carbonyl (C=O) groups is 2. The first kappa shape index (κ1) is 18.3. The van der Waals surface area contributed by atoms with Crippen LogP contribution >= 0.6 is 0 Å². The van der Waals surface area contributed by atoms with Crippen LogP contribution in [-0.2, 0) is 19.1 Å². The Labute approximate surface area is 138 Å². The molecule has 1 atom stereocenters. The number of hydrogen-bond donors (Lipinski definition) is 0. The van der Waals surface area contributed by atoms with E-state index in [0.29, 0.717) is 26.3 Å². The fraction of sp³-hybridized carbons (Fsp3) is 0.500. The van der Waals surface area contributed by atoms with E-state index in [-0.39, 0.29) is 18.0 Å². The molecule has 0 N–H and O–H groups in total. The highest BCUT2D eigenvalue weighted by molar-refractivity contribution is 5.81. The number of nitrogens with zero attached hydrogens (tertiary/aromatic N) is 2. The predicted molar refractivity (Wildman–Crippen MR) is 81.1 cm³/mol. The number of amides is 1. The van der Waals surface area contributed by atoms with Crippen molar-refractivity contribution in [1.29, 1.82) is 0 Å². The van der Waals surface area contributed by atoms with E-state index in [1.54, 1.807) is 4.90 Å². The molecule has 1 aromatic carbocycles. The van der Waals surface area contributed by atoms with Crippen LogP contribution in [0.1, 0.15) is 11.6 Å². The smallest absolute Gasteiger partial charge is 0.327 e. The first-order valence-corrected chi connectivity index (χ1v) is 7.52. The van der Waals surface area contributed by atoms with Gasteiger partial charge in [-0.3, -0.25) is 9.69 Å². The molecule has 132 valence electrons. The molecular formula is C16H20F2N2O4. The number of carbonyl (C=O) groups excluding carboxylic acids is 2. The summed E-state index contributed by atoms with van der Waals surface area (Å²) in [4.78, 5) is 27.3. The van der Waals surface area contributed by atoms with Crippen LogP contribution in [-0.4, -0.2) is 68.7 Å². The summed E-state index contributed by atoms with van der Waals surface area (Å²) >= 11 is 0. The van der Waals surface area contributed by atoms with Gasteiger partial charge in [-0.25, -0.2) is 13.6 Å². The summed E-state index contributed by atoms with van der Waals surface area (Å²) in [5, 5.41) is 0. The Kier molecular flexibility index (Phi) is 6.22. The first-order chi connectivity index (χ1) is 11.4. The number of ether oxygens (including phenoxy) is 2. The van der Waals surface area contributed by atoms with Gasteiger partial charge in [0.25, 0.3) is 0 Å². The van der Waals surface area contributed by atoms with Crippen LogP contribution in [0.25, 0.3) is 0 Å². The molecule has 0 spiro atoms. The standard InChI is InChI=1S/C16H20F2N2O4/c1-19(10-14(21)20-5-7-24-8-6-20)15(16(22)23-2)12-9-11(17)3-4-13(12)18/h3-4,9,15H,5-8,10H2,1-2H3/t15-/m0/s1. The zero-order valence-electron chi connectivity index (χ0n) is 13.6. The lowest BCUT2D eigenvalue weighted by atomic mass is 10.0. The van der Waals surface area contributed by atoms with Gasteiger partial charge in [0.05, 0.1) is 26.9 Å². The van der Waals surface area contributed by atoms with Crippen LogP contribution in [0.5, 0.6) is 0 Å². The van der Waals surface area contributed by atoms with Crippen molar-refractivity contribution < 1.29 is 27.8 Å². The molecule has 2 rings (SSSR count). The molecule has 8 heteroatoms. The second-order valence-corrected chi connectivity index (χ2v) is 5.50. The second kappa shape index (κ2) is 8.16. The van der Waals surface area contributed by atoms with E-state index in [1.165, 1.54) is 11.9 Å². The van der Waals surface area contributed by atoms with E-state index < -0.39 is 23.6 Å². The number of rotatable bonds is 5. The Morgan fingerprint density at radius 1 is 1.33 bits per heavy atom. The van der Waals surface area contributed by atoms with E-state index in [1.807, 2.05) is 0 Å². The molecule has 24 heavy (non-hydrogen) atoms. The number of methoxy groups -OCH3 is 1. The van der Waals surface area contributed by atoms with Gasteiger partial charge in [0.1, 0.15) is 17.7 Å². The van der Waals surface area contributed by atoms with Crippen molar-refractivity contribution in [3.05, 3.63) is 35.4 Å². The van der Waals surface area contributed by atoms with Crippen LogP contribution in [0, 0.1) is 11.6 Å². The van der Waals surface area contributed by atoms with E-state index in [4.69, 9.17) is 9.47 Å². The number of hydrogen-bond acceptors (Lipinski definition) is 5. The van der Waals surface area contributed by atoms with Crippen molar-refractivity contribution in [2.75, 3.05) is 47.0 Å². The van der Waals surface area contributed by atoms with Crippen LogP contribution in [0.15, 0.2) is 18.2 Å². The Bertz CT molecular complexity index is 606. The Hall–Kier alpha value is -2.06. The monoisotopic (exact) mass is 342 g/mol. The highest BCUT2D eigenvalue weighted by Crippen LogP contribution is 2.24. The minimum Gasteiger partial charge on any atom is -0.468 e. The summed E-state index contributed by atoms with van der Waals surface area (Å²) in [6.45, 7) is 1.70. The van der Waals surface area contributed by atoms with E-state index in [0.717, 1.165) is 25.3 Å². The molecule has 1 saturated heterocycles. The quantitative estimate of drug-likeness (QED) is 0.747. The number of morpholine rings is 1. The van der Waals surface area contributed by atoms with Gasteiger partial charge in [-0.05, 0) is 25.2 Å². The number of halogens is 2. The minimum absolute atomic E-state index is 0.129. The molecule has 1 fully saturated rings. The summed E-state index contributed by atoms with van der Waals surface area (Å²) in [7, 11) is 2.65. The molecule has 1 amide bonds. The summed E-state index contributed by atoms with van der Waals surface area (Å²) < 4.78 is 37.4. The lowest BCUT2D eigenvalue weighted by Gasteiger charge is -2.31. The van der Waals surface area contributed by atoms with Gasteiger partial charge in [-0.15, -0.1) is 0 Å². The molecule has 0 unspecified atom stereocenters. The Balaban J connectivity index is 2.19. The molecule has 6 nitrogen and oxygen atoms in total. The molecule has 0 aliphatic carbocycles. The maximum atomic E-state index is 14.1. The lowest BCUT2D eigenvalue weighted by Crippen LogP contribution is -2.46. The van der Waals surface area contributed by atoms with E-state index >= 15 is 0 Å². The summed E-state index contributed by atoms with van der Waals surface area (Å²) in [6, 6.07) is 1.63. The molecule has 0 radical (unpaired) electrons. The topological polar surface area (TPSA) is 59.1 Å². The van der Waals surface area contributed by atoms with E-state index in [2.05, 4.69) is 0 Å². The summed E-state index contributed by atoms with van der Waals surface area (Å²) in [5.41, 5.74) is -0.167. The van der Waals surface area contributed by atoms with Crippen LogP contribution in [0.2, 0.25) is 0 Å². The normalized spacial score (nSPS) is 16.1. The molecule has 1 aliphatic heterocycles. The predicted octanol–water partition coefficient (Wildman–Crippen LogP) is 0.970. The van der Waals surface area contributed by atoms with Gasteiger partial charge in [-0.1, -0.05) is 0 Å².